The molecule has 5 heteroatoms. The van der Waals surface area contributed by atoms with Crippen molar-refractivity contribution in [2.75, 3.05) is 0 Å². The average Bonchev–Trinajstić information content (AvgIpc) is 2.41. The van der Waals surface area contributed by atoms with Crippen molar-refractivity contribution in [1.29, 1.82) is 0 Å². The van der Waals surface area contributed by atoms with Gasteiger partial charge in [-0.15, -0.1) is 0 Å². The Bertz CT molecular complexity index is 633. The van der Waals surface area contributed by atoms with Crippen molar-refractivity contribution in [2.24, 2.45) is 0 Å². The Morgan fingerprint density at radius 2 is 1.75 bits per heavy atom. The fraction of sp³-hybridized carbons (Fsp3) is 0.133. The van der Waals surface area contributed by atoms with Crippen molar-refractivity contribution in [1.82, 2.24) is 0 Å². The van der Waals surface area contributed by atoms with Crippen LogP contribution >= 0.6 is 0 Å². The molecule has 0 fully saturated rings. The van der Waals surface area contributed by atoms with Crippen LogP contribution in [0.15, 0.2) is 42.5 Å². The summed E-state index contributed by atoms with van der Waals surface area (Å²) in [5.74, 6) is -0.0579. The number of rotatable bonds is 3. The first kappa shape index (κ1) is 14.1. The number of alkyl halides is 3. The summed E-state index contributed by atoms with van der Waals surface area (Å²) in [5.41, 5.74) is 0.138. The van der Waals surface area contributed by atoms with Gasteiger partial charge in [0.15, 0.2) is 0 Å². The van der Waals surface area contributed by atoms with Gasteiger partial charge in [-0.3, -0.25) is 4.79 Å². The molecule has 0 aliphatic heterocycles. The molecule has 104 valence electrons. The van der Waals surface area contributed by atoms with E-state index in [-0.39, 0.29) is 11.5 Å². The largest absolute Gasteiger partial charge is 0.456 e. The smallest absolute Gasteiger partial charge is 0.419 e. The third kappa shape index (κ3) is 2.99. The Labute approximate surface area is 113 Å². The summed E-state index contributed by atoms with van der Waals surface area (Å²) in [6, 6.07) is 9.56. The minimum absolute atomic E-state index is 0.228. The number of hydrogen-bond acceptors (Lipinski definition) is 2. The number of hydrogen-bond donors (Lipinski definition) is 0. The van der Waals surface area contributed by atoms with Crippen LogP contribution in [0.2, 0.25) is 0 Å². The molecule has 0 aliphatic carbocycles. The van der Waals surface area contributed by atoms with E-state index in [0.717, 1.165) is 6.07 Å². The van der Waals surface area contributed by atoms with Gasteiger partial charge in [0.1, 0.15) is 17.8 Å². The first-order valence-electron chi connectivity index (χ1n) is 5.81. The number of halogens is 3. The maximum absolute atomic E-state index is 12.9. The molecule has 0 bridgehead atoms. The van der Waals surface area contributed by atoms with Crippen LogP contribution in [0.4, 0.5) is 13.2 Å². The molecule has 0 radical (unpaired) electrons. The van der Waals surface area contributed by atoms with Crippen molar-refractivity contribution in [2.45, 2.75) is 13.1 Å². The highest BCUT2D eigenvalue weighted by Gasteiger charge is 2.34. The Balaban J connectivity index is 2.43. The zero-order valence-corrected chi connectivity index (χ0v) is 10.6. The Morgan fingerprint density at radius 3 is 2.40 bits per heavy atom. The number of ether oxygens (including phenoxy) is 1. The highest BCUT2D eigenvalue weighted by atomic mass is 19.4. The fourth-order valence-electron chi connectivity index (χ4n) is 1.71. The molecule has 2 rings (SSSR count). The van der Waals surface area contributed by atoms with E-state index in [2.05, 4.69) is 0 Å². The van der Waals surface area contributed by atoms with Gasteiger partial charge in [0.2, 0.25) is 0 Å². The summed E-state index contributed by atoms with van der Waals surface area (Å²) >= 11 is 0. The Kier molecular flexibility index (Phi) is 3.79. The predicted molar refractivity (Wildman–Crippen MR) is 68.1 cm³/mol. The van der Waals surface area contributed by atoms with E-state index in [4.69, 9.17) is 4.74 Å². The molecule has 0 saturated carbocycles. The summed E-state index contributed by atoms with van der Waals surface area (Å²) in [5, 5.41) is 0. The minimum Gasteiger partial charge on any atom is -0.456 e. The zero-order chi connectivity index (χ0) is 14.8. The average molecular weight is 280 g/mol. The number of carbonyl (C=O) groups excluding carboxylic acids is 1. The van der Waals surface area contributed by atoms with Crippen molar-refractivity contribution in [3.05, 3.63) is 59.2 Å². The standard InChI is InChI=1S/C15H11F3O2/c1-10-6-7-11(9-19)8-14(10)20-13-5-3-2-4-12(13)15(16,17)18/h2-9H,1H3. The van der Waals surface area contributed by atoms with Gasteiger partial charge in [-0.2, -0.15) is 13.2 Å². The molecule has 0 heterocycles. The highest BCUT2D eigenvalue weighted by molar-refractivity contribution is 5.76. The molecule has 0 spiro atoms. The van der Waals surface area contributed by atoms with Crippen molar-refractivity contribution < 1.29 is 22.7 Å². The topological polar surface area (TPSA) is 26.3 Å². The van der Waals surface area contributed by atoms with Gasteiger partial charge in [-0.1, -0.05) is 24.3 Å². The molecule has 0 amide bonds. The molecule has 20 heavy (non-hydrogen) atoms. The third-order valence-corrected chi connectivity index (χ3v) is 2.76. The molecule has 0 saturated heterocycles. The van der Waals surface area contributed by atoms with E-state index in [1.54, 1.807) is 19.1 Å². The van der Waals surface area contributed by atoms with Crippen LogP contribution in [0.5, 0.6) is 11.5 Å². The zero-order valence-electron chi connectivity index (χ0n) is 10.6. The summed E-state index contributed by atoms with van der Waals surface area (Å²) in [6.45, 7) is 1.69. The lowest BCUT2D eigenvalue weighted by molar-refractivity contribution is -0.138. The number of para-hydroxylation sites is 1. The normalized spacial score (nSPS) is 11.2. The Morgan fingerprint density at radius 1 is 1.05 bits per heavy atom. The van der Waals surface area contributed by atoms with Crippen LogP contribution < -0.4 is 4.74 Å². The van der Waals surface area contributed by atoms with Gasteiger partial charge < -0.3 is 4.74 Å². The summed E-state index contributed by atoms with van der Waals surface area (Å²) in [4.78, 5) is 10.7. The third-order valence-electron chi connectivity index (χ3n) is 2.76. The molecule has 0 unspecified atom stereocenters. The lowest BCUT2D eigenvalue weighted by atomic mass is 10.1. The van der Waals surface area contributed by atoms with Gasteiger partial charge in [0.25, 0.3) is 0 Å². The molecule has 2 nitrogen and oxygen atoms in total. The van der Waals surface area contributed by atoms with Crippen molar-refractivity contribution in [3.8, 4) is 11.5 Å². The number of aryl methyl sites for hydroxylation is 1. The number of carbonyl (C=O) groups is 1. The van der Waals surface area contributed by atoms with Crippen LogP contribution in [0, 0.1) is 6.92 Å². The van der Waals surface area contributed by atoms with Crippen LogP contribution in [0.3, 0.4) is 0 Å². The first-order chi connectivity index (χ1) is 9.41. The quantitative estimate of drug-likeness (QED) is 0.767. The second kappa shape index (κ2) is 5.36. The second-order valence-corrected chi connectivity index (χ2v) is 4.24. The van der Waals surface area contributed by atoms with E-state index in [0.29, 0.717) is 17.4 Å². The maximum atomic E-state index is 12.9. The summed E-state index contributed by atoms with van der Waals surface area (Å²) in [6.07, 6.45) is -3.88. The van der Waals surface area contributed by atoms with E-state index in [1.165, 1.54) is 24.3 Å². The van der Waals surface area contributed by atoms with E-state index in [1.807, 2.05) is 0 Å². The molecule has 0 atom stereocenters. The fourth-order valence-corrected chi connectivity index (χ4v) is 1.71. The molecule has 0 N–H and O–H groups in total. The maximum Gasteiger partial charge on any atom is 0.419 e. The van der Waals surface area contributed by atoms with Crippen LogP contribution in [0.1, 0.15) is 21.5 Å². The molecule has 2 aromatic carbocycles. The van der Waals surface area contributed by atoms with Crippen LogP contribution in [-0.2, 0) is 6.18 Å². The molecule has 2 aromatic rings. The first-order valence-corrected chi connectivity index (χ1v) is 5.81. The van der Waals surface area contributed by atoms with Gasteiger partial charge in [-0.05, 0) is 30.7 Å². The highest BCUT2D eigenvalue weighted by Crippen LogP contribution is 2.38. The molecule has 0 aliphatic rings. The van der Waals surface area contributed by atoms with E-state index in [9.17, 15) is 18.0 Å². The summed E-state index contributed by atoms with van der Waals surface area (Å²) < 4.78 is 43.9. The Hall–Kier alpha value is -2.30. The van der Waals surface area contributed by atoms with Crippen LogP contribution in [0.25, 0.3) is 0 Å². The van der Waals surface area contributed by atoms with Crippen LogP contribution in [-0.4, -0.2) is 6.29 Å². The number of aldehydes is 1. The predicted octanol–water partition coefficient (Wildman–Crippen LogP) is 4.62. The number of benzene rings is 2. The lowest BCUT2D eigenvalue weighted by Crippen LogP contribution is -2.07. The molecule has 0 aromatic heterocycles. The van der Waals surface area contributed by atoms with Crippen molar-refractivity contribution >= 4 is 6.29 Å². The van der Waals surface area contributed by atoms with Gasteiger partial charge >= 0.3 is 6.18 Å². The molecular weight excluding hydrogens is 269 g/mol. The second-order valence-electron chi connectivity index (χ2n) is 4.24. The molecular formula is C15H11F3O2. The lowest BCUT2D eigenvalue weighted by Gasteiger charge is -2.14. The monoisotopic (exact) mass is 280 g/mol. The van der Waals surface area contributed by atoms with Gasteiger partial charge in [0, 0.05) is 5.56 Å². The van der Waals surface area contributed by atoms with Crippen molar-refractivity contribution in [3.63, 3.8) is 0 Å². The SMILES string of the molecule is Cc1ccc(C=O)cc1Oc1ccccc1C(F)(F)F. The van der Waals surface area contributed by atoms with E-state index < -0.39 is 11.7 Å². The van der Waals surface area contributed by atoms with Gasteiger partial charge in [-0.25, -0.2) is 0 Å². The minimum atomic E-state index is -4.49. The van der Waals surface area contributed by atoms with Gasteiger partial charge in [0.05, 0.1) is 5.56 Å². The van der Waals surface area contributed by atoms with E-state index >= 15 is 0 Å². The summed E-state index contributed by atoms with van der Waals surface area (Å²) in [7, 11) is 0.